The van der Waals surface area contributed by atoms with Crippen molar-refractivity contribution in [3.8, 4) is 0 Å². The highest BCUT2D eigenvalue weighted by molar-refractivity contribution is 5.33. The molecule has 0 radical (unpaired) electrons. The van der Waals surface area contributed by atoms with E-state index >= 15 is 0 Å². The first-order valence-electron chi connectivity index (χ1n) is 5.26. The van der Waals surface area contributed by atoms with E-state index in [2.05, 4.69) is 26.3 Å². The Hall–Kier alpha value is -1.88. The van der Waals surface area contributed by atoms with E-state index in [1.54, 1.807) is 6.20 Å². The van der Waals surface area contributed by atoms with Crippen LogP contribution in [0.4, 0.5) is 5.82 Å². The lowest BCUT2D eigenvalue weighted by atomic mass is 10.2. The van der Waals surface area contributed by atoms with Crippen molar-refractivity contribution in [1.82, 2.24) is 15.0 Å². The van der Waals surface area contributed by atoms with Crippen LogP contribution in [0.3, 0.4) is 0 Å². The van der Waals surface area contributed by atoms with Gasteiger partial charge in [0, 0.05) is 25.1 Å². The van der Waals surface area contributed by atoms with Crippen molar-refractivity contribution >= 4 is 5.82 Å². The fourth-order valence-electron chi connectivity index (χ4n) is 1.44. The first kappa shape index (κ1) is 10.6. The maximum atomic E-state index is 5.47. The Bertz CT molecular complexity index is 424. The number of hydrogen-bond acceptors (Lipinski definition) is 4. The van der Waals surface area contributed by atoms with Gasteiger partial charge in [0.2, 0.25) is 0 Å². The van der Waals surface area contributed by atoms with Crippen LogP contribution in [0.5, 0.6) is 0 Å². The molecule has 84 valence electrons. The van der Waals surface area contributed by atoms with Gasteiger partial charge in [-0.15, -0.1) is 0 Å². The molecular weight excluding hydrogens is 202 g/mol. The molecule has 4 N–H and O–H groups in total. The molecule has 0 saturated carbocycles. The van der Waals surface area contributed by atoms with Crippen molar-refractivity contribution in [2.75, 3.05) is 11.9 Å². The number of H-pyrrole nitrogens is 1. The summed E-state index contributed by atoms with van der Waals surface area (Å²) in [7, 11) is 0. The van der Waals surface area contributed by atoms with E-state index in [4.69, 9.17) is 5.73 Å². The molecule has 0 amide bonds. The van der Waals surface area contributed by atoms with Gasteiger partial charge >= 0.3 is 0 Å². The Morgan fingerprint density at radius 2 is 2.31 bits per heavy atom. The number of aromatic nitrogens is 3. The zero-order valence-electron chi connectivity index (χ0n) is 8.98. The highest BCUT2D eigenvalue weighted by Crippen LogP contribution is 2.03. The fourth-order valence-corrected chi connectivity index (χ4v) is 1.44. The summed E-state index contributed by atoms with van der Waals surface area (Å²) >= 11 is 0. The van der Waals surface area contributed by atoms with Crippen LogP contribution in [-0.2, 0) is 13.0 Å². The summed E-state index contributed by atoms with van der Waals surface area (Å²) in [6.07, 6.45) is 6.60. The molecule has 0 spiro atoms. The predicted molar refractivity (Wildman–Crippen MR) is 62.9 cm³/mol. The monoisotopic (exact) mass is 217 g/mol. The normalized spacial score (nSPS) is 10.3. The zero-order chi connectivity index (χ0) is 11.2. The van der Waals surface area contributed by atoms with Crippen LogP contribution in [0.15, 0.2) is 30.7 Å². The molecule has 0 atom stereocenters. The molecule has 0 fully saturated rings. The predicted octanol–water partition coefficient (Wildman–Crippen LogP) is 0.918. The molecule has 0 aliphatic rings. The van der Waals surface area contributed by atoms with Crippen LogP contribution in [0.1, 0.15) is 11.4 Å². The van der Waals surface area contributed by atoms with E-state index in [1.165, 1.54) is 5.56 Å². The van der Waals surface area contributed by atoms with Crippen LogP contribution in [0.2, 0.25) is 0 Å². The van der Waals surface area contributed by atoms with Gasteiger partial charge in [-0.3, -0.25) is 0 Å². The van der Waals surface area contributed by atoms with E-state index in [1.807, 2.05) is 18.5 Å². The van der Waals surface area contributed by atoms with Crippen molar-refractivity contribution in [3.63, 3.8) is 0 Å². The van der Waals surface area contributed by atoms with Gasteiger partial charge < -0.3 is 16.0 Å². The van der Waals surface area contributed by atoms with Crippen molar-refractivity contribution in [3.05, 3.63) is 42.1 Å². The SMILES string of the molecule is NCc1nccc(NCCc2cc[nH]c2)n1. The highest BCUT2D eigenvalue weighted by atomic mass is 15.0. The smallest absolute Gasteiger partial charge is 0.144 e. The minimum atomic E-state index is 0.368. The van der Waals surface area contributed by atoms with E-state index in [0.29, 0.717) is 12.4 Å². The van der Waals surface area contributed by atoms with Crippen LogP contribution >= 0.6 is 0 Å². The largest absolute Gasteiger partial charge is 0.370 e. The van der Waals surface area contributed by atoms with Gasteiger partial charge in [0.15, 0.2) is 0 Å². The molecule has 0 aliphatic carbocycles. The van der Waals surface area contributed by atoms with Crippen molar-refractivity contribution in [2.24, 2.45) is 5.73 Å². The number of nitrogens with one attached hydrogen (secondary N) is 2. The Morgan fingerprint density at radius 3 is 3.06 bits per heavy atom. The second-order valence-corrected chi connectivity index (χ2v) is 3.46. The van der Waals surface area contributed by atoms with E-state index in [-0.39, 0.29) is 0 Å². The second-order valence-electron chi connectivity index (χ2n) is 3.46. The number of nitrogens with zero attached hydrogens (tertiary/aromatic N) is 2. The number of aromatic amines is 1. The summed E-state index contributed by atoms with van der Waals surface area (Å²) in [5.74, 6) is 1.48. The fraction of sp³-hybridized carbons (Fsp3) is 0.273. The molecule has 16 heavy (non-hydrogen) atoms. The Kier molecular flexibility index (Phi) is 3.50. The number of nitrogens with two attached hydrogens (primary N) is 1. The molecule has 0 aliphatic heterocycles. The summed E-state index contributed by atoms with van der Waals surface area (Å²) in [5, 5.41) is 3.24. The topological polar surface area (TPSA) is 79.6 Å². The first-order valence-corrected chi connectivity index (χ1v) is 5.26. The number of hydrogen-bond donors (Lipinski definition) is 3. The van der Waals surface area contributed by atoms with E-state index in [9.17, 15) is 0 Å². The third-order valence-electron chi connectivity index (χ3n) is 2.27. The molecule has 0 unspecified atom stereocenters. The van der Waals surface area contributed by atoms with Gasteiger partial charge in [-0.2, -0.15) is 0 Å². The molecule has 5 nitrogen and oxygen atoms in total. The number of rotatable bonds is 5. The number of anilines is 1. The average molecular weight is 217 g/mol. The molecular formula is C11H15N5. The van der Waals surface area contributed by atoms with E-state index in [0.717, 1.165) is 18.8 Å². The third-order valence-corrected chi connectivity index (χ3v) is 2.27. The van der Waals surface area contributed by atoms with Crippen molar-refractivity contribution in [2.45, 2.75) is 13.0 Å². The lowest BCUT2D eigenvalue weighted by molar-refractivity contribution is 0.900. The van der Waals surface area contributed by atoms with Gasteiger partial charge in [0.25, 0.3) is 0 Å². The van der Waals surface area contributed by atoms with Crippen LogP contribution < -0.4 is 11.1 Å². The van der Waals surface area contributed by atoms with Gasteiger partial charge in [-0.05, 0) is 24.1 Å². The van der Waals surface area contributed by atoms with Gasteiger partial charge in [0.1, 0.15) is 11.6 Å². The maximum Gasteiger partial charge on any atom is 0.144 e. The lowest BCUT2D eigenvalue weighted by Gasteiger charge is -2.05. The second kappa shape index (κ2) is 5.27. The van der Waals surface area contributed by atoms with Gasteiger partial charge in [-0.25, -0.2) is 9.97 Å². The maximum absolute atomic E-state index is 5.47. The summed E-state index contributed by atoms with van der Waals surface area (Å²) < 4.78 is 0. The van der Waals surface area contributed by atoms with Crippen LogP contribution in [0.25, 0.3) is 0 Å². The summed E-state index contributed by atoms with van der Waals surface area (Å²) in [6, 6.07) is 3.91. The zero-order valence-corrected chi connectivity index (χ0v) is 8.98. The minimum absolute atomic E-state index is 0.368. The minimum Gasteiger partial charge on any atom is -0.370 e. The standard InChI is InChI=1S/C11H15N5/c12-7-11-15-6-3-10(16-11)14-5-2-9-1-4-13-8-9/h1,3-4,6,8,13H,2,5,7,12H2,(H,14,15,16). The molecule has 0 bridgehead atoms. The van der Waals surface area contributed by atoms with Crippen LogP contribution in [-0.4, -0.2) is 21.5 Å². The average Bonchev–Trinajstić information content (AvgIpc) is 2.82. The van der Waals surface area contributed by atoms with Crippen molar-refractivity contribution in [1.29, 1.82) is 0 Å². The molecule has 5 heteroatoms. The first-order chi connectivity index (χ1) is 7.88. The molecule has 0 aromatic carbocycles. The quantitative estimate of drug-likeness (QED) is 0.695. The third kappa shape index (κ3) is 2.80. The molecule has 2 aromatic heterocycles. The Labute approximate surface area is 94.1 Å². The Balaban J connectivity index is 1.85. The van der Waals surface area contributed by atoms with Gasteiger partial charge in [0.05, 0.1) is 6.54 Å². The van der Waals surface area contributed by atoms with Crippen molar-refractivity contribution < 1.29 is 0 Å². The Morgan fingerprint density at radius 1 is 1.38 bits per heavy atom. The summed E-state index contributed by atoms with van der Waals surface area (Å²) in [4.78, 5) is 11.3. The highest BCUT2D eigenvalue weighted by Gasteiger charge is 1.97. The summed E-state index contributed by atoms with van der Waals surface area (Å²) in [5.41, 5.74) is 6.75. The summed E-state index contributed by atoms with van der Waals surface area (Å²) in [6.45, 7) is 1.21. The molecule has 2 heterocycles. The van der Waals surface area contributed by atoms with E-state index < -0.39 is 0 Å². The molecule has 0 saturated heterocycles. The van der Waals surface area contributed by atoms with Gasteiger partial charge in [-0.1, -0.05) is 0 Å². The lowest BCUT2D eigenvalue weighted by Crippen LogP contribution is -2.09. The van der Waals surface area contributed by atoms with Crippen LogP contribution in [0, 0.1) is 0 Å². The molecule has 2 rings (SSSR count). The molecule has 2 aromatic rings.